The minimum absolute atomic E-state index is 0.141. The Balaban J connectivity index is 2.62. The van der Waals surface area contributed by atoms with Gasteiger partial charge in [-0.1, -0.05) is 17.2 Å². The zero-order valence-corrected chi connectivity index (χ0v) is 13.6. The molecule has 1 aromatic rings. The van der Waals surface area contributed by atoms with Crippen LogP contribution in [0.3, 0.4) is 0 Å². The number of hydrogen-bond acceptors (Lipinski definition) is 4. The van der Waals surface area contributed by atoms with E-state index in [0.29, 0.717) is 36.5 Å². The Morgan fingerprint density at radius 2 is 1.96 bits per heavy atom. The van der Waals surface area contributed by atoms with Crippen molar-refractivity contribution in [1.29, 1.82) is 0 Å². The first-order chi connectivity index (χ1) is 11.5. The molecule has 1 rings (SSSR count). The van der Waals surface area contributed by atoms with Crippen molar-refractivity contribution in [1.82, 2.24) is 5.32 Å². The van der Waals surface area contributed by atoms with E-state index < -0.39 is 17.9 Å². The van der Waals surface area contributed by atoms with Crippen LogP contribution in [0.2, 0.25) is 0 Å². The largest absolute Gasteiger partial charge is 0.386 e. The molecule has 0 fully saturated rings. The van der Waals surface area contributed by atoms with Crippen molar-refractivity contribution in [2.45, 2.75) is 18.9 Å². The minimum Gasteiger partial charge on any atom is -0.386 e. The van der Waals surface area contributed by atoms with E-state index in [-0.39, 0.29) is 5.88 Å². The molecule has 2 amide bonds. The molecule has 9 nitrogen and oxygen atoms in total. The fourth-order valence-electron chi connectivity index (χ4n) is 1.82. The van der Waals surface area contributed by atoms with E-state index in [4.69, 9.17) is 28.6 Å². The summed E-state index contributed by atoms with van der Waals surface area (Å²) in [7, 11) is 0. The van der Waals surface area contributed by atoms with Crippen LogP contribution in [0.4, 0.5) is 5.69 Å². The molecule has 0 saturated heterocycles. The maximum absolute atomic E-state index is 12.1. The molecular formula is C14H18ClN7O2. The average molecular weight is 352 g/mol. The molecule has 0 aromatic heterocycles. The zero-order chi connectivity index (χ0) is 17.9. The third-order valence-corrected chi connectivity index (χ3v) is 3.31. The van der Waals surface area contributed by atoms with E-state index in [1.54, 1.807) is 0 Å². The molecular weight excluding hydrogens is 334 g/mol. The molecule has 0 unspecified atom stereocenters. The van der Waals surface area contributed by atoms with Crippen LogP contribution in [0.25, 0.3) is 10.4 Å². The monoisotopic (exact) mass is 351 g/mol. The number of azide groups is 1. The van der Waals surface area contributed by atoms with Gasteiger partial charge in [0, 0.05) is 22.7 Å². The Bertz CT molecular complexity index is 654. The van der Waals surface area contributed by atoms with Crippen LogP contribution < -0.4 is 16.8 Å². The summed E-state index contributed by atoms with van der Waals surface area (Å²) in [6, 6.07) is 5.16. The number of halogens is 1. The number of hydrogen-bond donors (Lipinski definition) is 3. The quantitative estimate of drug-likeness (QED) is 0.117. The highest BCUT2D eigenvalue weighted by atomic mass is 35.5. The molecule has 10 heteroatoms. The van der Waals surface area contributed by atoms with Crippen LogP contribution in [0.1, 0.15) is 23.2 Å². The second kappa shape index (κ2) is 10.1. The second-order valence-electron chi connectivity index (χ2n) is 4.81. The van der Waals surface area contributed by atoms with E-state index in [0.717, 1.165) is 0 Å². The lowest BCUT2D eigenvalue weighted by molar-refractivity contribution is -0.120. The van der Waals surface area contributed by atoms with E-state index in [9.17, 15) is 9.59 Å². The van der Waals surface area contributed by atoms with E-state index in [1.807, 2.05) is 0 Å². The number of benzene rings is 1. The van der Waals surface area contributed by atoms with Crippen molar-refractivity contribution in [3.63, 3.8) is 0 Å². The molecule has 0 aliphatic carbocycles. The molecule has 0 heterocycles. The number of aliphatic imine (C=N–C) groups is 1. The number of amides is 2. The maximum Gasteiger partial charge on any atom is 0.251 e. The molecule has 24 heavy (non-hydrogen) atoms. The molecule has 0 aliphatic rings. The summed E-state index contributed by atoms with van der Waals surface area (Å²) >= 11 is 5.50. The van der Waals surface area contributed by atoms with Gasteiger partial charge in [-0.15, -0.1) is 11.6 Å². The summed E-state index contributed by atoms with van der Waals surface area (Å²) in [6.45, 7) is 0.388. The number of carbonyl (C=O) groups is 2. The van der Waals surface area contributed by atoms with Gasteiger partial charge < -0.3 is 16.8 Å². The van der Waals surface area contributed by atoms with Gasteiger partial charge in [-0.2, -0.15) is 0 Å². The standard InChI is InChI=1S/C14H18ClN7O2/c15-8-12(16)19-7-1-2-11(13(17)23)20-14(24)9-3-5-10(6-4-9)21-22-18/h3-6,11H,1-2,7-8H2,(H2,16,19)(H2,17,23)(H,20,24)/t11-/m0/s1. The molecule has 1 atom stereocenters. The lowest BCUT2D eigenvalue weighted by Gasteiger charge is -2.15. The first-order valence-corrected chi connectivity index (χ1v) is 7.61. The minimum atomic E-state index is -0.818. The number of alkyl halides is 1. The van der Waals surface area contributed by atoms with Gasteiger partial charge in [-0.05, 0) is 30.5 Å². The Labute approximate surface area is 143 Å². The molecule has 0 saturated carbocycles. The Morgan fingerprint density at radius 1 is 1.29 bits per heavy atom. The topological polar surface area (TPSA) is 159 Å². The highest BCUT2D eigenvalue weighted by Crippen LogP contribution is 2.13. The van der Waals surface area contributed by atoms with E-state index >= 15 is 0 Å². The van der Waals surface area contributed by atoms with Gasteiger partial charge in [0.1, 0.15) is 11.9 Å². The number of rotatable bonds is 9. The third-order valence-electron chi connectivity index (χ3n) is 3.04. The molecule has 5 N–H and O–H groups in total. The summed E-state index contributed by atoms with van der Waals surface area (Å²) in [5.74, 6) is -0.628. The van der Waals surface area contributed by atoms with Crippen molar-refractivity contribution in [3.8, 4) is 0 Å². The van der Waals surface area contributed by atoms with Gasteiger partial charge >= 0.3 is 0 Å². The summed E-state index contributed by atoms with van der Waals surface area (Å²) in [4.78, 5) is 30.2. The summed E-state index contributed by atoms with van der Waals surface area (Å²) in [6.07, 6.45) is 0.845. The van der Waals surface area contributed by atoms with Gasteiger partial charge in [0.15, 0.2) is 0 Å². The molecule has 0 bridgehead atoms. The van der Waals surface area contributed by atoms with E-state index in [2.05, 4.69) is 20.3 Å². The second-order valence-corrected chi connectivity index (χ2v) is 5.08. The summed E-state index contributed by atoms with van der Waals surface area (Å²) < 4.78 is 0. The van der Waals surface area contributed by atoms with Crippen LogP contribution in [0.5, 0.6) is 0 Å². The summed E-state index contributed by atoms with van der Waals surface area (Å²) in [5, 5.41) is 5.97. The van der Waals surface area contributed by atoms with Crippen LogP contribution in [0.15, 0.2) is 34.4 Å². The van der Waals surface area contributed by atoms with Crippen LogP contribution >= 0.6 is 11.6 Å². The van der Waals surface area contributed by atoms with E-state index in [1.165, 1.54) is 24.3 Å². The van der Waals surface area contributed by atoms with Crippen LogP contribution in [-0.4, -0.2) is 36.1 Å². The van der Waals surface area contributed by atoms with Gasteiger partial charge in [-0.25, -0.2) is 0 Å². The van der Waals surface area contributed by atoms with Crippen molar-refractivity contribution < 1.29 is 9.59 Å². The van der Waals surface area contributed by atoms with Gasteiger partial charge in [0.2, 0.25) is 5.91 Å². The average Bonchev–Trinajstić information content (AvgIpc) is 2.57. The number of amidine groups is 1. The number of nitrogens with zero attached hydrogens (tertiary/aromatic N) is 4. The first kappa shape index (κ1) is 19.3. The number of nitrogens with two attached hydrogens (primary N) is 2. The van der Waals surface area contributed by atoms with Gasteiger partial charge in [-0.3, -0.25) is 14.6 Å². The van der Waals surface area contributed by atoms with Crippen LogP contribution in [0, 0.1) is 0 Å². The Morgan fingerprint density at radius 3 is 2.50 bits per heavy atom. The Kier molecular flexibility index (Phi) is 8.10. The normalized spacial score (nSPS) is 12.1. The molecule has 0 aliphatic heterocycles. The lowest BCUT2D eigenvalue weighted by Crippen LogP contribution is -2.44. The van der Waals surface area contributed by atoms with Gasteiger partial charge in [0.25, 0.3) is 5.91 Å². The lowest BCUT2D eigenvalue weighted by atomic mass is 10.1. The van der Waals surface area contributed by atoms with Crippen molar-refractivity contribution in [2.75, 3.05) is 12.4 Å². The van der Waals surface area contributed by atoms with Gasteiger partial charge in [0.05, 0.1) is 5.88 Å². The van der Waals surface area contributed by atoms with Crippen LogP contribution in [-0.2, 0) is 4.79 Å². The number of nitrogens with one attached hydrogen (secondary N) is 1. The fourth-order valence-corrected chi connectivity index (χ4v) is 1.90. The molecule has 128 valence electrons. The Hall–Kier alpha value is -2.77. The maximum atomic E-state index is 12.1. The molecule has 1 aromatic carbocycles. The zero-order valence-electron chi connectivity index (χ0n) is 12.9. The summed E-state index contributed by atoms with van der Waals surface area (Å²) in [5.41, 5.74) is 19.8. The highest BCUT2D eigenvalue weighted by molar-refractivity contribution is 6.27. The predicted molar refractivity (Wildman–Crippen MR) is 92.1 cm³/mol. The fraction of sp³-hybridized carbons (Fsp3) is 0.357. The number of primary amides is 1. The predicted octanol–water partition coefficient (Wildman–Crippen LogP) is 1.59. The highest BCUT2D eigenvalue weighted by Gasteiger charge is 2.18. The smallest absolute Gasteiger partial charge is 0.251 e. The van der Waals surface area contributed by atoms with Crippen molar-refractivity contribution in [3.05, 3.63) is 40.3 Å². The molecule has 0 spiro atoms. The SMILES string of the molecule is [N-]=[N+]=Nc1ccc(C(=O)N[C@@H](CCCN=C(N)CCl)C(N)=O)cc1. The molecule has 0 radical (unpaired) electrons. The number of carbonyl (C=O) groups excluding carboxylic acids is 2. The first-order valence-electron chi connectivity index (χ1n) is 7.08. The van der Waals surface area contributed by atoms with Crippen molar-refractivity contribution >= 4 is 34.9 Å². The van der Waals surface area contributed by atoms with Crippen molar-refractivity contribution in [2.24, 2.45) is 21.6 Å². The third kappa shape index (κ3) is 6.55.